The lowest BCUT2D eigenvalue weighted by Gasteiger charge is -2.42. The first kappa shape index (κ1) is 25.1. The summed E-state index contributed by atoms with van der Waals surface area (Å²) in [5.74, 6) is -0.696. The number of urea groups is 1. The second-order valence-electron chi connectivity index (χ2n) is 8.07. The molecule has 1 saturated heterocycles. The summed E-state index contributed by atoms with van der Waals surface area (Å²) in [4.78, 5) is 38.6. The molecule has 1 unspecified atom stereocenters. The Morgan fingerprint density at radius 2 is 1.89 bits per heavy atom. The summed E-state index contributed by atoms with van der Waals surface area (Å²) in [5, 5.41) is 31.7. The number of benzene rings is 2. The van der Waals surface area contributed by atoms with Crippen LogP contribution in [0.15, 0.2) is 65.9 Å². The zero-order valence-electron chi connectivity index (χ0n) is 19.8. The molecule has 0 aliphatic carbocycles. The molecular formula is C25H23N7O5. The molecule has 2 aromatic carbocycles. The number of amides is 2. The van der Waals surface area contributed by atoms with Gasteiger partial charge in [-0.25, -0.2) is 19.6 Å². The molecule has 1 fully saturated rings. The van der Waals surface area contributed by atoms with Gasteiger partial charge < -0.3 is 14.9 Å². The van der Waals surface area contributed by atoms with Gasteiger partial charge in [-0.1, -0.05) is 29.8 Å². The number of carboxylic acid groups (broad SMARTS) is 1. The standard InChI is InChI=1S/C25H23N7O5/c1-16-3-5-17(6-4-16)15-32-23(30-24(35)31(25(32)36)12-2-11-26)28-18-7-9-19(10-8-18)37-21-14-27-13-20(29-21)22(33)34/h3-10,13-14,25,36H,2,12,15H2,1H3,(H,33,34)(H,28,30,35). The molecule has 1 atom stereocenters. The van der Waals surface area contributed by atoms with E-state index in [-0.39, 0.29) is 37.0 Å². The van der Waals surface area contributed by atoms with Crippen LogP contribution in [0.4, 0.5) is 10.5 Å². The van der Waals surface area contributed by atoms with Crippen LogP contribution in [0.3, 0.4) is 0 Å². The molecule has 12 nitrogen and oxygen atoms in total. The Balaban J connectivity index is 1.57. The third-order valence-corrected chi connectivity index (χ3v) is 5.37. The van der Waals surface area contributed by atoms with Gasteiger partial charge in [-0.3, -0.25) is 20.1 Å². The number of rotatable bonds is 8. The summed E-state index contributed by atoms with van der Waals surface area (Å²) < 4.78 is 5.57. The maximum Gasteiger partial charge on any atom is 0.356 e. The second-order valence-corrected chi connectivity index (χ2v) is 8.07. The lowest BCUT2D eigenvalue weighted by atomic mass is 10.1. The van der Waals surface area contributed by atoms with Crippen LogP contribution >= 0.6 is 0 Å². The van der Waals surface area contributed by atoms with E-state index in [1.165, 1.54) is 16.0 Å². The predicted octanol–water partition coefficient (Wildman–Crippen LogP) is 2.98. The van der Waals surface area contributed by atoms with Crippen molar-refractivity contribution in [3.8, 4) is 17.7 Å². The van der Waals surface area contributed by atoms with Crippen LogP contribution in [0, 0.1) is 18.3 Å². The molecule has 12 heteroatoms. The average Bonchev–Trinajstić information content (AvgIpc) is 2.88. The van der Waals surface area contributed by atoms with Crippen molar-refractivity contribution in [2.24, 2.45) is 4.99 Å². The molecular weight excluding hydrogens is 478 g/mol. The van der Waals surface area contributed by atoms with Crippen LogP contribution in [-0.2, 0) is 6.54 Å². The molecule has 0 spiro atoms. The largest absolute Gasteiger partial charge is 0.476 e. The summed E-state index contributed by atoms with van der Waals surface area (Å²) in [7, 11) is 0. The number of aryl methyl sites for hydroxylation is 1. The van der Waals surface area contributed by atoms with E-state index in [0.717, 1.165) is 17.3 Å². The number of aromatic nitrogens is 2. The summed E-state index contributed by atoms with van der Waals surface area (Å²) in [6, 6.07) is 15.6. The van der Waals surface area contributed by atoms with E-state index in [0.29, 0.717) is 11.4 Å². The van der Waals surface area contributed by atoms with Gasteiger partial charge in [0.25, 0.3) is 0 Å². The maximum atomic E-state index is 12.6. The van der Waals surface area contributed by atoms with Gasteiger partial charge in [0.05, 0.1) is 37.1 Å². The molecule has 3 N–H and O–H groups in total. The van der Waals surface area contributed by atoms with E-state index in [2.05, 4.69) is 20.3 Å². The maximum absolute atomic E-state index is 12.6. The topological polar surface area (TPSA) is 164 Å². The minimum Gasteiger partial charge on any atom is -0.476 e. The molecule has 3 aromatic rings. The molecule has 37 heavy (non-hydrogen) atoms. The lowest BCUT2D eigenvalue weighted by molar-refractivity contribution is -0.0683. The van der Waals surface area contributed by atoms with Gasteiger partial charge in [0.15, 0.2) is 5.69 Å². The molecule has 1 aliphatic rings. The Bertz CT molecular complexity index is 1350. The molecule has 1 aliphatic heterocycles. The number of carboxylic acids is 1. The van der Waals surface area contributed by atoms with Crippen LogP contribution in [0.5, 0.6) is 11.6 Å². The van der Waals surface area contributed by atoms with Crippen molar-refractivity contribution in [3.05, 3.63) is 77.7 Å². The van der Waals surface area contributed by atoms with Crippen molar-refractivity contribution in [1.29, 1.82) is 5.26 Å². The molecule has 1 aromatic heterocycles. The average molecular weight is 502 g/mol. The van der Waals surface area contributed by atoms with Crippen molar-refractivity contribution in [2.45, 2.75) is 26.2 Å². The molecule has 2 amide bonds. The number of hydrogen-bond donors (Lipinski definition) is 3. The highest BCUT2D eigenvalue weighted by Gasteiger charge is 2.36. The van der Waals surface area contributed by atoms with E-state index in [1.807, 2.05) is 37.3 Å². The lowest BCUT2D eigenvalue weighted by Crippen LogP contribution is -2.65. The van der Waals surface area contributed by atoms with Crippen molar-refractivity contribution in [3.63, 3.8) is 0 Å². The van der Waals surface area contributed by atoms with E-state index in [4.69, 9.17) is 15.1 Å². The van der Waals surface area contributed by atoms with E-state index < -0.39 is 18.4 Å². The summed E-state index contributed by atoms with van der Waals surface area (Å²) in [6.07, 6.45) is 1.15. The fourth-order valence-corrected chi connectivity index (χ4v) is 3.48. The number of carbonyl (C=O) groups is 2. The van der Waals surface area contributed by atoms with Crippen LogP contribution in [0.1, 0.15) is 28.0 Å². The van der Waals surface area contributed by atoms with Crippen LogP contribution in [0.2, 0.25) is 0 Å². The zero-order chi connectivity index (χ0) is 26.4. The highest BCUT2D eigenvalue weighted by atomic mass is 16.5. The molecule has 188 valence electrons. The quantitative estimate of drug-likeness (QED) is 0.421. The number of nitrogens with zero attached hydrogens (tertiary/aromatic N) is 6. The Labute approximate surface area is 212 Å². The van der Waals surface area contributed by atoms with Gasteiger partial charge >= 0.3 is 12.0 Å². The molecule has 4 rings (SSSR count). The highest BCUT2D eigenvalue weighted by Crippen LogP contribution is 2.24. The van der Waals surface area contributed by atoms with E-state index in [1.54, 1.807) is 24.3 Å². The van der Waals surface area contributed by atoms with Gasteiger partial charge in [-0.05, 0) is 36.8 Å². The summed E-state index contributed by atoms with van der Waals surface area (Å²) >= 11 is 0. The molecule has 2 heterocycles. The third-order valence-electron chi connectivity index (χ3n) is 5.37. The molecule has 0 saturated carbocycles. The first-order chi connectivity index (χ1) is 17.8. The number of hydrogen-bond acceptors (Lipinski definition) is 8. The first-order valence-corrected chi connectivity index (χ1v) is 11.2. The zero-order valence-corrected chi connectivity index (χ0v) is 19.8. The normalized spacial score (nSPS) is 16.3. The Kier molecular flexibility index (Phi) is 7.56. The number of nitriles is 1. The Morgan fingerprint density at radius 3 is 2.57 bits per heavy atom. The van der Waals surface area contributed by atoms with E-state index in [9.17, 15) is 14.7 Å². The van der Waals surface area contributed by atoms with Gasteiger partial charge in [0.2, 0.25) is 18.2 Å². The number of ether oxygens (including phenoxy) is 1. The van der Waals surface area contributed by atoms with Crippen molar-refractivity contribution >= 4 is 23.6 Å². The highest BCUT2D eigenvalue weighted by molar-refractivity contribution is 5.99. The summed E-state index contributed by atoms with van der Waals surface area (Å²) in [6.45, 7) is 2.28. The predicted molar refractivity (Wildman–Crippen MR) is 131 cm³/mol. The fourth-order valence-electron chi connectivity index (χ4n) is 3.48. The minimum atomic E-state index is -1.33. The monoisotopic (exact) mass is 501 g/mol. The minimum absolute atomic E-state index is 0.0170. The van der Waals surface area contributed by atoms with Crippen molar-refractivity contribution in [2.75, 3.05) is 6.54 Å². The van der Waals surface area contributed by atoms with Crippen LogP contribution in [0.25, 0.3) is 0 Å². The number of nitrogens with one attached hydrogen (secondary N) is 1. The van der Waals surface area contributed by atoms with Gasteiger partial charge in [-0.2, -0.15) is 5.26 Å². The number of aliphatic imine (C=N–C) groups is 1. The number of guanidine groups is 1. The van der Waals surface area contributed by atoms with Gasteiger partial charge in [-0.15, -0.1) is 0 Å². The Hall–Kier alpha value is -5.02. The number of aliphatic hydroxyl groups excluding tert-OH is 1. The summed E-state index contributed by atoms with van der Waals surface area (Å²) in [5.41, 5.74) is 2.19. The Morgan fingerprint density at radius 1 is 1.16 bits per heavy atom. The molecule has 0 radical (unpaired) electrons. The number of carbonyl (C=O) groups excluding carboxylic acids is 1. The third kappa shape index (κ3) is 6.16. The van der Waals surface area contributed by atoms with Crippen molar-refractivity contribution in [1.82, 2.24) is 25.1 Å². The van der Waals surface area contributed by atoms with Crippen LogP contribution in [-0.4, -0.2) is 60.8 Å². The SMILES string of the molecule is Cc1ccc(CN2C(=Nc3ccc(Oc4cncc(C(=O)O)n4)cc3)NC(=O)N(CCC#N)C2O)cc1. The van der Waals surface area contributed by atoms with E-state index >= 15 is 0 Å². The first-order valence-electron chi connectivity index (χ1n) is 11.2. The second kappa shape index (κ2) is 11.1. The van der Waals surface area contributed by atoms with Gasteiger partial charge in [0.1, 0.15) is 5.75 Å². The molecule has 0 bridgehead atoms. The number of aliphatic hydroxyl groups is 1. The smallest absolute Gasteiger partial charge is 0.356 e. The van der Waals surface area contributed by atoms with Crippen LogP contribution < -0.4 is 10.1 Å². The fraction of sp³-hybridized carbons (Fsp3) is 0.200. The number of aromatic carboxylic acids is 1. The van der Waals surface area contributed by atoms with Gasteiger partial charge in [0, 0.05) is 6.54 Å². The van der Waals surface area contributed by atoms with Crippen molar-refractivity contribution < 1.29 is 24.5 Å².